The van der Waals surface area contributed by atoms with Gasteiger partial charge in [-0.25, -0.2) is 4.98 Å². The van der Waals surface area contributed by atoms with Crippen molar-refractivity contribution in [2.75, 3.05) is 7.05 Å². The molecule has 0 aliphatic rings. The molecule has 0 bridgehead atoms. The maximum atomic E-state index is 4.35. The number of hydrogen-bond donors (Lipinski definition) is 2. The highest BCUT2D eigenvalue weighted by Gasteiger charge is 2.08. The van der Waals surface area contributed by atoms with Crippen LogP contribution in [-0.2, 0) is 13.0 Å². The minimum absolute atomic E-state index is 0.204. The van der Waals surface area contributed by atoms with Gasteiger partial charge in [-0.3, -0.25) is 4.99 Å². The van der Waals surface area contributed by atoms with Crippen LogP contribution in [0.25, 0.3) is 0 Å². The number of thiazole rings is 1. The van der Waals surface area contributed by atoms with Gasteiger partial charge in [-0.2, -0.15) is 0 Å². The van der Waals surface area contributed by atoms with Gasteiger partial charge in [0.25, 0.3) is 0 Å². The first-order valence-electron chi connectivity index (χ1n) is 7.59. The predicted octanol–water partition coefficient (Wildman–Crippen LogP) is 3.44. The minimum Gasteiger partial charge on any atom is -0.350 e. The van der Waals surface area contributed by atoms with E-state index in [1.54, 1.807) is 18.4 Å². The van der Waals surface area contributed by atoms with E-state index >= 15 is 0 Å². The zero-order valence-corrected chi connectivity index (χ0v) is 14.5. The number of guanidine groups is 1. The van der Waals surface area contributed by atoms with E-state index in [2.05, 4.69) is 65.6 Å². The molecule has 1 heterocycles. The number of aryl methyl sites for hydroxylation is 2. The van der Waals surface area contributed by atoms with E-state index < -0.39 is 0 Å². The monoisotopic (exact) mass is 316 g/mol. The first-order valence-corrected chi connectivity index (χ1v) is 8.41. The first kappa shape index (κ1) is 16.5. The lowest BCUT2D eigenvalue weighted by Crippen LogP contribution is -2.38. The van der Waals surface area contributed by atoms with E-state index in [9.17, 15) is 0 Å². The largest absolute Gasteiger partial charge is 0.350 e. The molecule has 1 aromatic heterocycles. The van der Waals surface area contributed by atoms with Gasteiger partial charge in [-0.15, -0.1) is 11.3 Å². The van der Waals surface area contributed by atoms with Crippen LogP contribution in [-0.4, -0.2) is 18.0 Å². The van der Waals surface area contributed by atoms with Crippen molar-refractivity contribution < 1.29 is 0 Å². The smallest absolute Gasteiger partial charge is 0.191 e. The fourth-order valence-electron chi connectivity index (χ4n) is 2.17. The Balaban J connectivity index is 1.91. The number of benzene rings is 1. The summed E-state index contributed by atoms with van der Waals surface area (Å²) in [5.74, 6) is 0.792. The van der Waals surface area contributed by atoms with Gasteiger partial charge in [-0.05, 0) is 31.4 Å². The maximum absolute atomic E-state index is 4.35. The summed E-state index contributed by atoms with van der Waals surface area (Å²) in [5.41, 5.74) is 2.61. The topological polar surface area (TPSA) is 49.3 Å². The summed E-state index contributed by atoms with van der Waals surface area (Å²) in [6.07, 6.45) is 2.97. The van der Waals surface area contributed by atoms with Crippen molar-refractivity contribution in [3.8, 4) is 0 Å². The van der Waals surface area contributed by atoms with E-state index in [0.717, 1.165) is 17.4 Å². The minimum atomic E-state index is 0.204. The summed E-state index contributed by atoms with van der Waals surface area (Å²) in [6, 6.07) is 8.92. The highest BCUT2D eigenvalue weighted by molar-refractivity contribution is 7.11. The van der Waals surface area contributed by atoms with E-state index in [1.807, 2.05) is 6.20 Å². The lowest BCUT2D eigenvalue weighted by Gasteiger charge is -2.18. The number of hydrogen-bond acceptors (Lipinski definition) is 3. The van der Waals surface area contributed by atoms with Crippen molar-refractivity contribution in [1.29, 1.82) is 0 Å². The summed E-state index contributed by atoms with van der Waals surface area (Å²) in [7, 11) is 1.79. The second-order valence-electron chi connectivity index (χ2n) is 5.25. The Morgan fingerprint density at radius 2 is 2.05 bits per heavy atom. The summed E-state index contributed by atoms with van der Waals surface area (Å²) < 4.78 is 0. The Kier molecular flexibility index (Phi) is 5.95. The van der Waals surface area contributed by atoms with Crippen LogP contribution >= 0.6 is 11.3 Å². The lowest BCUT2D eigenvalue weighted by atomic mass is 10.1. The van der Waals surface area contributed by atoms with Crippen LogP contribution < -0.4 is 10.6 Å². The molecular weight excluding hydrogens is 292 g/mol. The average molecular weight is 316 g/mol. The molecule has 0 spiro atoms. The normalized spacial score (nSPS) is 13.0. The van der Waals surface area contributed by atoms with Crippen molar-refractivity contribution >= 4 is 17.3 Å². The Morgan fingerprint density at radius 1 is 1.32 bits per heavy atom. The highest BCUT2D eigenvalue weighted by atomic mass is 32.1. The molecule has 1 unspecified atom stereocenters. The molecule has 118 valence electrons. The van der Waals surface area contributed by atoms with E-state index in [4.69, 9.17) is 0 Å². The molecule has 0 radical (unpaired) electrons. The molecule has 0 saturated heterocycles. The number of aliphatic imine (C=N–C) groups is 1. The van der Waals surface area contributed by atoms with Crippen molar-refractivity contribution in [3.05, 3.63) is 51.5 Å². The van der Waals surface area contributed by atoms with Crippen molar-refractivity contribution in [2.45, 2.75) is 39.8 Å². The maximum Gasteiger partial charge on any atom is 0.191 e. The molecule has 5 heteroatoms. The van der Waals surface area contributed by atoms with Crippen LogP contribution in [0.5, 0.6) is 0 Å². The van der Waals surface area contributed by atoms with Gasteiger partial charge in [-0.1, -0.05) is 31.2 Å². The van der Waals surface area contributed by atoms with Crippen molar-refractivity contribution in [2.24, 2.45) is 4.99 Å². The second kappa shape index (κ2) is 7.94. The first-order chi connectivity index (χ1) is 10.6. The van der Waals surface area contributed by atoms with Crippen LogP contribution in [0.4, 0.5) is 0 Å². The molecule has 4 nitrogen and oxygen atoms in total. The molecule has 0 aliphatic heterocycles. The quantitative estimate of drug-likeness (QED) is 0.656. The lowest BCUT2D eigenvalue weighted by molar-refractivity contribution is 0.684. The van der Waals surface area contributed by atoms with Crippen LogP contribution in [0, 0.1) is 6.92 Å². The van der Waals surface area contributed by atoms with Gasteiger partial charge in [0.2, 0.25) is 0 Å². The van der Waals surface area contributed by atoms with Crippen molar-refractivity contribution in [1.82, 2.24) is 15.6 Å². The van der Waals surface area contributed by atoms with E-state index in [1.165, 1.54) is 16.0 Å². The highest BCUT2D eigenvalue weighted by Crippen LogP contribution is 2.14. The summed E-state index contributed by atoms with van der Waals surface area (Å²) in [4.78, 5) is 9.86. The SMILES string of the molecule is CCc1ccc(C(C)NC(=NC)NCc2ncc(C)s2)cc1. The van der Waals surface area contributed by atoms with E-state index in [0.29, 0.717) is 6.54 Å². The van der Waals surface area contributed by atoms with Gasteiger partial charge in [0.15, 0.2) is 5.96 Å². The van der Waals surface area contributed by atoms with Crippen LogP contribution in [0.1, 0.15) is 40.9 Å². The van der Waals surface area contributed by atoms with Gasteiger partial charge < -0.3 is 10.6 Å². The Labute approximate surface area is 136 Å². The molecular formula is C17H24N4S. The third kappa shape index (κ3) is 4.56. The molecule has 0 saturated carbocycles. The predicted molar refractivity (Wildman–Crippen MR) is 94.4 cm³/mol. The second-order valence-corrected chi connectivity index (χ2v) is 6.57. The summed E-state index contributed by atoms with van der Waals surface area (Å²) in [5, 5.41) is 7.79. The molecule has 2 rings (SSSR count). The van der Waals surface area contributed by atoms with Crippen molar-refractivity contribution in [3.63, 3.8) is 0 Å². The third-order valence-corrected chi connectivity index (χ3v) is 4.45. The number of nitrogens with zero attached hydrogens (tertiary/aromatic N) is 2. The fraction of sp³-hybridized carbons (Fsp3) is 0.412. The molecule has 2 N–H and O–H groups in total. The molecule has 1 atom stereocenters. The molecule has 0 amide bonds. The van der Waals surface area contributed by atoms with Gasteiger partial charge in [0.1, 0.15) is 5.01 Å². The van der Waals surface area contributed by atoms with Gasteiger partial charge >= 0.3 is 0 Å². The molecule has 2 aromatic rings. The number of nitrogens with one attached hydrogen (secondary N) is 2. The zero-order valence-electron chi connectivity index (χ0n) is 13.7. The molecule has 0 aliphatic carbocycles. The number of aromatic nitrogens is 1. The van der Waals surface area contributed by atoms with Gasteiger partial charge in [0.05, 0.1) is 12.6 Å². The number of rotatable bonds is 5. The van der Waals surface area contributed by atoms with Crippen LogP contribution in [0.15, 0.2) is 35.5 Å². The third-order valence-electron chi connectivity index (χ3n) is 3.54. The Morgan fingerprint density at radius 3 is 2.59 bits per heavy atom. The zero-order chi connectivity index (χ0) is 15.9. The Bertz CT molecular complexity index is 616. The van der Waals surface area contributed by atoms with Crippen LogP contribution in [0.3, 0.4) is 0 Å². The summed E-state index contributed by atoms with van der Waals surface area (Å²) >= 11 is 1.70. The summed E-state index contributed by atoms with van der Waals surface area (Å²) in [6.45, 7) is 7.07. The molecule has 0 fully saturated rings. The molecule has 22 heavy (non-hydrogen) atoms. The average Bonchev–Trinajstić information content (AvgIpc) is 2.96. The molecule has 1 aromatic carbocycles. The standard InChI is InChI=1S/C17H24N4S/c1-5-14-6-8-15(9-7-14)13(3)21-17(18-4)20-11-16-19-10-12(2)22-16/h6-10,13H,5,11H2,1-4H3,(H2,18,20,21). The van der Waals surface area contributed by atoms with E-state index in [-0.39, 0.29) is 6.04 Å². The Hall–Kier alpha value is -1.88. The fourth-order valence-corrected chi connectivity index (χ4v) is 2.89. The van der Waals surface area contributed by atoms with Gasteiger partial charge in [0, 0.05) is 18.1 Å². The van der Waals surface area contributed by atoms with Crippen LogP contribution in [0.2, 0.25) is 0 Å².